The Balaban J connectivity index is 1.80. The van der Waals surface area contributed by atoms with Crippen LogP contribution in [0.1, 0.15) is 49.9 Å². The quantitative estimate of drug-likeness (QED) is 0.832. The highest BCUT2D eigenvalue weighted by molar-refractivity contribution is 5.06. The Morgan fingerprint density at radius 3 is 2.83 bits per heavy atom. The summed E-state index contributed by atoms with van der Waals surface area (Å²) < 4.78 is 10.9. The van der Waals surface area contributed by atoms with E-state index in [4.69, 9.17) is 9.26 Å². The van der Waals surface area contributed by atoms with Gasteiger partial charge < -0.3 is 19.7 Å². The summed E-state index contributed by atoms with van der Waals surface area (Å²) >= 11 is 0. The van der Waals surface area contributed by atoms with Crippen molar-refractivity contribution < 1.29 is 14.4 Å². The molecule has 18 heavy (non-hydrogen) atoms. The first-order valence-corrected chi connectivity index (χ1v) is 6.54. The summed E-state index contributed by atoms with van der Waals surface area (Å²) in [5.74, 6) is 1.21. The molecule has 0 aromatic carbocycles. The molecular formula is C12H19N3O3. The van der Waals surface area contributed by atoms with Crippen LogP contribution in [0.2, 0.25) is 0 Å². The second kappa shape index (κ2) is 4.60. The Morgan fingerprint density at radius 2 is 2.22 bits per heavy atom. The first-order chi connectivity index (χ1) is 8.73. The van der Waals surface area contributed by atoms with Gasteiger partial charge in [-0.25, -0.2) is 0 Å². The van der Waals surface area contributed by atoms with Gasteiger partial charge in [0.05, 0.1) is 12.1 Å². The molecule has 1 saturated heterocycles. The van der Waals surface area contributed by atoms with Crippen molar-refractivity contribution in [2.45, 2.75) is 49.9 Å². The van der Waals surface area contributed by atoms with Crippen LogP contribution in [0.4, 0.5) is 0 Å². The molecule has 2 fully saturated rings. The van der Waals surface area contributed by atoms with Gasteiger partial charge in [-0.15, -0.1) is 0 Å². The lowest BCUT2D eigenvalue weighted by molar-refractivity contribution is -0.0178. The highest BCUT2D eigenvalue weighted by Gasteiger charge is 2.41. The van der Waals surface area contributed by atoms with Crippen LogP contribution >= 0.6 is 0 Å². The summed E-state index contributed by atoms with van der Waals surface area (Å²) in [6.45, 7) is 0.581. The van der Waals surface area contributed by atoms with Gasteiger partial charge in [-0.3, -0.25) is 0 Å². The van der Waals surface area contributed by atoms with E-state index < -0.39 is 0 Å². The first-order valence-electron chi connectivity index (χ1n) is 6.54. The van der Waals surface area contributed by atoms with Crippen LogP contribution in [0.25, 0.3) is 0 Å². The van der Waals surface area contributed by atoms with Crippen molar-refractivity contribution in [1.82, 2.24) is 15.5 Å². The number of aromatic nitrogens is 2. The third-order valence-electron chi connectivity index (χ3n) is 4.06. The topological polar surface area (TPSA) is 80.4 Å². The standard InChI is InChI=1S/C12H19N3O3/c1-17-12(4-2-3-5-12)11-14-10(18-15-11)9-6-8(16)7-13-9/h8-9,13,16H,2-7H2,1H3/t8-,9+/m1/s1. The lowest BCUT2D eigenvalue weighted by atomic mass is 10.0. The average Bonchev–Trinajstić information content (AvgIpc) is 3.08. The molecule has 6 nitrogen and oxygen atoms in total. The van der Waals surface area contributed by atoms with Crippen LogP contribution < -0.4 is 5.32 Å². The lowest BCUT2D eigenvalue weighted by Gasteiger charge is -2.22. The lowest BCUT2D eigenvalue weighted by Crippen LogP contribution is -2.26. The van der Waals surface area contributed by atoms with Crippen molar-refractivity contribution in [2.24, 2.45) is 0 Å². The van der Waals surface area contributed by atoms with Gasteiger partial charge in [-0.05, 0) is 32.1 Å². The number of β-amino-alcohol motifs (C(OH)–C–C–N with tert-alkyl or cyclic N) is 1. The summed E-state index contributed by atoms with van der Waals surface area (Å²) in [4.78, 5) is 4.48. The molecular weight excluding hydrogens is 234 g/mol. The summed E-state index contributed by atoms with van der Waals surface area (Å²) in [6.07, 6.45) is 4.47. The molecule has 1 aromatic rings. The molecule has 2 atom stereocenters. The molecule has 0 radical (unpaired) electrons. The Bertz CT molecular complexity index is 414. The van der Waals surface area contributed by atoms with Crippen molar-refractivity contribution in [2.75, 3.05) is 13.7 Å². The molecule has 2 aliphatic rings. The zero-order valence-corrected chi connectivity index (χ0v) is 10.6. The van der Waals surface area contributed by atoms with Gasteiger partial charge in [0.2, 0.25) is 11.7 Å². The highest BCUT2D eigenvalue weighted by Crippen LogP contribution is 2.40. The molecule has 0 spiro atoms. The van der Waals surface area contributed by atoms with Gasteiger partial charge in [0.15, 0.2) is 0 Å². The Morgan fingerprint density at radius 1 is 1.44 bits per heavy atom. The van der Waals surface area contributed by atoms with Crippen molar-refractivity contribution in [3.63, 3.8) is 0 Å². The zero-order valence-electron chi connectivity index (χ0n) is 10.6. The van der Waals surface area contributed by atoms with Gasteiger partial charge in [-0.2, -0.15) is 4.98 Å². The van der Waals surface area contributed by atoms with Crippen LogP contribution in [-0.2, 0) is 10.3 Å². The highest BCUT2D eigenvalue weighted by atomic mass is 16.5. The predicted molar refractivity (Wildman–Crippen MR) is 62.8 cm³/mol. The van der Waals surface area contributed by atoms with Crippen molar-refractivity contribution in [1.29, 1.82) is 0 Å². The number of nitrogens with zero attached hydrogens (tertiary/aromatic N) is 2. The van der Waals surface area contributed by atoms with Crippen molar-refractivity contribution >= 4 is 0 Å². The van der Waals surface area contributed by atoms with Crippen LogP contribution in [-0.4, -0.2) is 35.0 Å². The fourth-order valence-electron chi connectivity index (χ4n) is 2.93. The maximum Gasteiger partial charge on any atom is 0.243 e. The van der Waals surface area contributed by atoms with E-state index in [1.165, 1.54) is 0 Å². The van der Waals surface area contributed by atoms with Crippen molar-refractivity contribution in [3.8, 4) is 0 Å². The Labute approximate surface area is 106 Å². The minimum Gasteiger partial charge on any atom is -0.392 e. The summed E-state index contributed by atoms with van der Waals surface area (Å²) in [7, 11) is 1.71. The molecule has 0 bridgehead atoms. The molecule has 1 aliphatic heterocycles. The van der Waals surface area contributed by atoms with E-state index in [1.54, 1.807) is 7.11 Å². The molecule has 3 rings (SSSR count). The van der Waals surface area contributed by atoms with Gasteiger partial charge >= 0.3 is 0 Å². The normalized spacial score (nSPS) is 31.0. The number of hydrogen-bond donors (Lipinski definition) is 2. The van der Waals surface area contributed by atoms with Crippen LogP contribution in [0.5, 0.6) is 0 Å². The van der Waals surface area contributed by atoms with E-state index in [2.05, 4.69) is 15.5 Å². The fourth-order valence-corrected chi connectivity index (χ4v) is 2.93. The summed E-state index contributed by atoms with van der Waals surface area (Å²) in [5, 5.41) is 16.7. The number of aliphatic hydroxyl groups excluding tert-OH is 1. The SMILES string of the molecule is COC1(c2noc([C@@H]3C[C@@H](O)CN3)n2)CCCC1. The Hall–Kier alpha value is -0.980. The molecule has 0 unspecified atom stereocenters. The van der Waals surface area contributed by atoms with Crippen molar-refractivity contribution in [3.05, 3.63) is 11.7 Å². The smallest absolute Gasteiger partial charge is 0.243 e. The minimum atomic E-state index is -0.362. The molecule has 6 heteroatoms. The minimum absolute atomic E-state index is 0.0310. The van der Waals surface area contributed by atoms with E-state index >= 15 is 0 Å². The monoisotopic (exact) mass is 253 g/mol. The maximum atomic E-state index is 9.50. The zero-order chi connectivity index (χ0) is 12.6. The van der Waals surface area contributed by atoms with E-state index in [0.29, 0.717) is 24.7 Å². The first kappa shape index (κ1) is 12.1. The number of hydrogen-bond acceptors (Lipinski definition) is 6. The third kappa shape index (κ3) is 1.94. The molecule has 1 aliphatic carbocycles. The fraction of sp³-hybridized carbons (Fsp3) is 0.833. The molecule has 2 N–H and O–H groups in total. The van der Waals surface area contributed by atoms with Crippen LogP contribution in [0, 0.1) is 0 Å². The van der Waals surface area contributed by atoms with E-state index in [1.807, 2.05) is 0 Å². The van der Waals surface area contributed by atoms with E-state index in [-0.39, 0.29) is 17.7 Å². The summed E-state index contributed by atoms with van der Waals surface area (Å²) in [5.41, 5.74) is -0.362. The maximum absolute atomic E-state index is 9.50. The van der Waals surface area contributed by atoms with Gasteiger partial charge in [0, 0.05) is 13.7 Å². The molecule has 0 amide bonds. The van der Waals surface area contributed by atoms with Gasteiger partial charge in [-0.1, -0.05) is 5.16 Å². The average molecular weight is 253 g/mol. The number of methoxy groups -OCH3 is 1. The van der Waals surface area contributed by atoms with Crippen LogP contribution in [0.15, 0.2) is 4.52 Å². The van der Waals surface area contributed by atoms with Crippen LogP contribution in [0.3, 0.4) is 0 Å². The van der Waals surface area contributed by atoms with E-state index in [0.717, 1.165) is 25.7 Å². The second-order valence-electron chi connectivity index (χ2n) is 5.21. The Kier molecular flexibility index (Phi) is 3.09. The molecule has 1 aromatic heterocycles. The van der Waals surface area contributed by atoms with Gasteiger partial charge in [0.25, 0.3) is 0 Å². The largest absolute Gasteiger partial charge is 0.392 e. The van der Waals surface area contributed by atoms with E-state index in [9.17, 15) is 5.11 Å². The number of nitrogens with one attached hydrogen (secondary N) is 1. The second-order valence-corrected chi connectivity index (χ2v) is 5.21. The molecule has 100 valence electrons. The number of rotatable bonds is 3. The third-order valence-corrected chi connectivity index (χ3v) is 4.06. The number of aliphatic hydroxyl groups is 1. The number of ether oxygens (including phenoxy) is 1. The predicted octanol–water partition coefficient (Wildman–Crippen LogP) is 0.881. The molecule has 2 heterocycles. The summed E-state index contributed by atoms with van der Waals surface area (Å²) in [6, 6.07) is -0.0310. The van der Waals surface area contributed by atoms with Gasteiger partial charge in [0.1, 0.15) is 5.60 Å². The molecule has 1 saturated carbocycles.